The molecule has 100 valence electrons. The minimum atomic E-state index is 0.294. The third kappa shape index (κ3) is 3.03. The van der Waals surface area contributed by atoms with Crippen LogP contribution in [0.3, 0.4) is 0 Å². The number of hydrogen-bond acceptors (Lipinski definition) is 2. The summed E-state index contributed by atoms with van der Waals surface area (Å²) < 4.78 is 0. The van der Waals surface area contributed by atoms with Crippen LogP contribution < -0.4 is 5.32 Å². The average Bonchev–Trinajstić information content (AvgIpc) is 2.28. The molecule has 0 bridgehead atoms. The lowest BCUT2D eigenvalue weighted by molar-refractivity contribution is 0.0143. The van der Waals surface area contributed by atoms with Crippen LogP contribution in [-0.2, 0) is 0 Å². The second-order valence-electron chi connectivity index (χ2n) is 6.83. The number of piperazine rings is 1. The monoisotopic (exact) mass is 238 g/mol. The highest BCUT2D eigenvalue weighted by atomic mass is 15.3. The Labute approximate surface area is 107 Å². The molecule has 0 aromatic heterocycles. The lowest BCUT2D eigenvalue weighted by Crippen LogP contribution is -2.64. The van der Waals surface area contributed by atoms with Crippen LogP contribution >= 0.6 is 0 Å². The molecule has 2 aliphatic rings. The molecular formula is C15H30N2. The van der Waals surface area contributed by atoms with Crippen LogP contribution in [0.25, 0.3) is 0 Å². The molecule has 0 radical (unpaired) electrons. The van der Waals surface area contributed by atoms with Gasteiger partial charge < -0.3 is 5.32 Å². The Morgan fingerprint density at radius 2 is 1.94 bits per heavy atom. The van der Waals surface area contributed by atoms with Crippen LogP contribution in [0.4, 0.5) is 0 Å². The Kier molecular flexibility index (Phi) is 4.14. The van der Waals surface area contributed by atoms with Crippen molar-refractivity contribution in [1.29, 1.82) is 0 Å². The lowest BCUT2D eigenvalue weighted by Gasteiger charge is -2.50. The second-order valence-corrected chi connectivity index (χ2v) is 6.83. The molecule has 2 rings (SSSR count). The lowest BCUT2D eigenvalue weighted by atomic mass is 9.82. The van der Waals surface area contributed by atoms with Gasteiger partial charge in [0.15, 0.2) is 0 Å². The molecule has 1 saturated heterocycles. The fraction of sp³-hybridized carbons (Fsp3) is 1.00. The third-order valence-electron chi connectivity index (χ3n) is 4.83. The van der Waals surface area contributed by atoms with Crippen molar-refractivity contribution in [3.63, 3.8) is 0 Å². The molecule has 3 unspecified atom stereocenters. The zero-order chi connectivity index (χ0) is 12.5. The van der Waals surface area contributed by atoms with Gasteiger partial charge in [-0.3, -0.25) is 4.90 Å². The zero-order valence-electron chi connectivity index (χ0n) is 12.1. The average molecular weight is 238 g/mol. The van der Waals surface area contributed by atoms with Gasteiger partial charge in [-0.05, 0) is 39.0 Å². The van der Waals surface area contributed by atoms with E-state index in [4.69, 9.17) is 0 Å². The highest BCUT2D eigenvalue weighted by Crippen LogP contribution is 2.32. The fourth-order valence-electron chi connectivity index (χ4n) is 3.71. The van der Waals surface area contributed by atoms with E-state index in [0.717, 1.165) is 18.0 Å². The van der Waals surface area contributed by atoms with E-state index in [0.29, 0.717) is 5.54 Å². The predicted octanol–water partition coefficient (Wildman–Crippen LogP) is 3.03. The number of nitrogens with one attached hydrogen (secondary N) is 1. The zero-order valence-corrected chi connectivity index (χ0v) is 12.1. The van der Waals surface area contributed by atoms with E-state index in [2.05, 4.69) is 37.9 Å². The standard InChI is InChI=1S/C15H30N2/c1-5-13-10-16-15(3,4)11-17(13)14-9-7-6-8-12(14)2/h12-14,16H,5-11H2,1-4H3. The highest BCUT2D eigenvalue weighted by Gasteiger charge is 2.37. The van der Waals surface area contributed by atoms with Crippen LogP contribution in [0, 0.1) is 5.92 Å². The van der Waals surface area contributed by atoms with Gasteiger partial charge in [-0.25, -0.2) is 0 Å². The summed E-state index contributed by atoms with van der Waals surface area (Å²) in [4.78, 5) is 2.83. The summed E-state index contributed by atoms with van der Waals surface area (Å²) in [6.07, 6.45) is 7.03. The van der Waals surface area contributed by atoms with Crippen molar-refractivity contribution < 1.29 is 0 Å². The molecule has 1 N–H and O–H groups in total. The van der Waals surface area contributed by atoms with Crippen LogP contribution in [0.15, 0.2) is 0 Å². The van der Waals surface area contributed by atoms with Crippen molar-refractivity contribution in [2.75, 3.05) is 13.1 Å². The van der Waals surface area contributed by atoms with Gasteiger partial charge in [0, 0.05) is 30.7 Å². The molecule has 2 heteroatoms. The summed E-state index contributed by atoms with van der Waals surface area (Å²) in [6.45, 7) is 11.9. The first-order valence-corrected chi connectivity index (χ1v) is 7.54. The first-order valence-electron chi connectivity index (χ1n) is 7.54. The summed E-state index contributed by atoms with van der Waals surface area (Å²) in [5, 5.41) is 3.70. The van der Waals surface area contributed by atoms with E-state index in [1.165, 1.54) is 45.2 Å². The van der Waals surface area contributed by atoms with E-state index in [-0.39, 0.29) is 0 Å². The molecule has 1 aliphatic carbocycles. The molecule has 1 aliphatic heterocycles. The summed E-state index contributed by atoms with van der Waals surface area (Å²) in [6, 6.07) is 1.60. The molecule has 2 nitrogen and oxygen atoms in total. The van der Waals surface area contributed by atoms with E-state index < -0.39 is 0 Å². The maximum Gasteiger partial charge on any atom is 0.0253 e. The van der Waals surface area contributed by atoms with Gasteiger partial charge in [0.1, 0.15) is 0 Å². The molecular weight excluding hydrogens is 208 g/mol. The van der Waals surface area contributed by atoms with Crippen LogP contribution in [-0.4, -0.2) is 35.6 Å². The van der Waals surface area contributed by atoms with Gasteiger partial charge in [-0.2, -0.15) is 0 Å². The molecule has 1 saturated carbocycles. The smallest absolute Gasteiger partial charge is 0.0253 e. The van der Waals surface area contributed by atoms with E-state index in [9.17, 15) is 0 Å². The SMILES string of the molecule is CCC1CNC(C)(C)CN1C1CCCCC1C. The summed E-state index contributed by atoms with van der Waals surface area (Å²) in [7, 11) is 0. The third-order valence-corrected chi connectivity index (χ3v) is 4.83. The van der Waals surface area contributed by atoms with Crippen molar-refractivity contribution >= 4 is 0 Å². The number of rotatable bonds is 2. The molecule has 3 atom stereocenters. The van der Waals surface area contributed by atoms with Crippen molar-refractivity contribution in [3.8, 4) is 0 Å². The Balaban J connectivity index is 2.08. The minimum Gasteiger partial charge on any atom is -0.309 e. The maximum absolute atomic E-state index is 3.70. The number of hydrogen-bond donors (Lipinski definition) is 1. The van der Waals surface area contributed by atoms with Gasteiger partial charge in [-0.15, -0.1) is 0 Å². The maximum atomic E-state index is 3.70. The van der Waals surface area contributed by atoms with Crippen molar-refractivity contribution in [1.82, 2.24) is 10.2 Å². The number of nitrogens with zero attached hydrogens (tertiary/aromatic N) is 1. The van der Waals surface area contributed by atoms with Gasteiger partial charge in [0.25, 0.3) is 0 Å². The molecule has 17 heavy (non-hydrogen) atoms. The summed E-state index contributed by atoms with van der Waals surface area (Å²) in [5.41, 5.74) is 0.294. The fourth-order valence-corrected chi connectivity index (χ4v) is 3.71. The molecule has 0 aromatic rings. The molecule has 0 aromatic carbocycles. The van der Waals surface area contributed by atoms with Crippen LogP contribution in [0.1, 0.15) is 59.8 Å². The van der Waals surface area contributed by atoms with E-state index >= 15 is 0 Å². The predicted molar refractivity (Wildman–Crippen MR) is 74.3 cm³/mol. The Morgan fingerprint density at radius 3 is 2.59 bits per heavy atom. The Bertz CT molecular complexity index is 249. The van der Waals surface area contributed by atoms with Crippen molar-refractivity contribution in [2.45, 2.75) is 77.4 Å². The summed E-state index contributed by atoms with van der Waals surface area (Å²) >= 11 is 0. The van der Waals surface area contributed by atoms with Crippen LogP contribution in [0.5, 0.6) is 0 Å². The molecule has 2 fully saturated rings. The van der Waals surface area contributed by atoms with E-state index in [1.807, 2.05) is 0 Å². The Hall–Kier alpha value is -0.0800. The van der Waals surface area contributed by atoms with Crippen molar-refractivity contribution in [2.24, 2.45) is 5.92 Å². The molecule has 1 heterocycles. The molecule has 0 spiro atoms. The van der Waals surface area contributed by atoms with Crippen molar-refractivity contribution in [3.05, 3.63) is 0 Å². The minimum absolute atomic E-state index is 0.294. The van der Waals surface area contributed by atoms with Gasteiger partial charge in [0.2, 0.25) is 0 Å². The first-order chi connectivity index (χ1) is 8.03. The topological polar surface area (TPSA) is 15.3 Å². The normalized spacial score (nSPS) is 39.2. The second kappa shape index (κ2) is 5.27. The van der Waals surface area contributed by atoms with Crippen LogP contribution in [0.2, 0.25) is 0 Å². The quantitative estimate of drug-likeness (QED) is 0.795. The Morgan fingerprint density at radius 1 is 1.24 bits per heavy atom. The molecule has 0 amide bonds. The van der Waals surface area contributed by atoms with E-state index in [1.54, 1.807) is 0 Å². The first kappa shape index (κ1) is 13.4. The summed E-state index contributed by atoms with van der Waals surface area (Å²) in [5.74, 6) is 0.895. The largest absolute Gasteiger partial charge is 0.309 e. The highest BCUT2D eigenvalue weighted by molar-refractivity contribution is 4.96. The van der Waals surface area contributed by atoms with Gasteiger partial charge in [-0.1, -0.05) is 26.7 Å². The van der Waals surface area contributed by atoms with Gasteiger partial charge in [0.05, 0.1) is 0 Å². The van der Waals surface area contributed by atoms with Gasteiger partial charge >= 0.3 is 0 Å².